The van der Waals surface area contributed by atoms with Crippen molar-refractivity contribution in [3.63, 3.8) is 0 Å². The van der Waals surface area contributed by atoms with E-state index < -0.39 is 23.1 Å². The number of carbonyl (C=O) groups is 2. The number of hydrogen-bond donors (Lipinski definition) is 2. The first-order valence-electron chi connectivity index (χ1n) is 8.20. The summed E-state index contributed by atoms with van der Waals surface area (Å²) in [6, 6.07) is 0. The average Bonchev–Trinajstić information content (AvgIpc) is 2.32. The summed E-state index contributed by atoms with van der Waals surface area (Å²) in [7, 11) is 0. The molecule has 1 unspecified atom stereocenters. The standard InChI is InChI=1S/C17H33NO5/c1-12(2)10-17(14(19)20,8-9-22-13(3)4)11-18-15(21)23-16(5,6)7/h12-13H,8-11H2,1-7H3,(H,18,21)(H,19,20). The van der Waals surface area contributed by atoms with Gasteiger partial charge < -0.3 is 19.9 Å². The molecule has 0 aromatic rings. The fourth-order valence-electron chi connectivity index (χ4n) is 2.36. The van der Waals surface area contributed by atoms with Crippen LogP contribution >= 0.6 is 0 Å². The Morgan fingerprint density at radius 3 is 2.09 bits per heavy atom. The Labute approximate surface area is 139 Å². The zero-order chi connectivity index (χ0) is 18.3. The molecule has 0 heterocycles. The first-order chi connectivity index (χ1) is 10.4. The van der Waals surface area contributed by atoms with E-state index in [2.05, 4.69) is 5.32 Å². The van der Waals surface area contributed by atoms with Crippen molar-refractivity contribution in [1.82, 2.24) is 5.32 Å². The maximum absolute atomic E-state index is 11.9. The van der Waals surface area contributed by atoms with Crippen LogP contribution in [0.15, 0.2) is 0 Å². The zero-order valence-corrected chi connectivity index (χ0v) is 15.6. The summed E-state index contributed by atoms with van der Waals surface area (Å²) in [5, 5.41) is 12.3. The minimum atomic E-state index is -1.06. The van der Waals surface area contributed by atoms with Crippen LogP contribution in [0.1, 0.15) is 61.3 Å². The number of aliphatic carboxylic acids is 1. The number of nitrogens with one attached hydrogen (secondary N) is 1. The lowest BCUT2D eigenvalue weighted by Gasteiger charge is -2.32. The van der Waals surface area contributed by atoms with E-state index in [9.17, 15) is 14.7 Å². The third-order valence-corrected chi connectivity index (χ3v) is 3.25. The zero-order valence-electron chi connectivity index (χ0n) is 15.6. The van der Waals surface area contributed by atoms with E-state index in [1.165, 1.54) is 0 Å². The summed E-state index contributed by atoms with van der Waals surface area (Å²) in [6.07, 6.45) is 0.240. The van der Waals surface area contributed by atoms with Crippen LogP contribution in [0.5, 0.6) is 0 Å². The molecular formula is C17H33NO5. The first-order valence-corrected chi connectivity index (χ1v) is 8.20. The number of carbonyl (C=O) groups excluding carboxylic acids is 1. The highest BCUT2D eigenvalue weighted by Gasteiger charge is 2.39. The van der Waals surface area contributed by atoms with Crippen molar-refractivity contribution in [2.45, 2.75) is 73.0 Å². The Bertz CT molecular complexity index is 387. The largest absolute Gasteiger partial charge is 0.481 e. The fraction of sp³-hybridized carbons (Fsp3) is 0.882. The van der Waals surface area contributed by atoms with Crippen LogP contribution in [0.4, 0.5) is 4.79 Å². The highest BCUT2D eigenvalue weighted by molar-refractivity contribution is 5.76. The van der Waals surface area contributed by atoms with Crippen molar-refractivity contribution < 1.29 is 24.2 Å². The number of carboxylic acid groups (broad SMARTS) is 1. The maximum atomic E-state index is 11.9. The Kier molecular flexibility index (Phi) is 8.59. The van der Waals surface area contributed by atoms with Gasteiger partial charge in [-0.25, -0.2) is 4.79 Å². The van der Waals surface area contributed by atoms with Crippen LogP contribution in [0.3, 0.4) is 0 Å². The molecule has 23 heavy (non-hydrogen) atoms. The van der Waals surface area contributed by atoms with Crippen LogP contribution in [0.2, 0.25) is 0 Å². The molecule has 0 saturated heterocycles. The molecule has 0 spiro atoms. The van der Waals surface area contributed by atoms with Gasteiger partial charge in [0.1, 0.15) is 5.60 Å². The Morgan fingerprint density at radius 1 is 1.13 bits per heavy atom. The molecule has 2 N–H and O–H groups in total. The van der Waals surface area contributed by atoms with E-state index in [0.717, 1.165) is 0 Å². The van der Waals surface area contributed by atoms with Gasteiger partial charge in [0.05, 0.1) is 11.5 Å². The normalized spacial score (nSPS) is 14.7. The van der Waals surface area contributed by atoms with Crippen LogP contribution in [-0.2, 0) is 14.3 Å². The van der Waals surface area contributed by atoms with E-state index in [-0.39, 0.29) is 18.6 Å². The van der Waals surface area contributed by atoms with Crippen LogP contribution in [0, 0.1) is 11.3 Å². The molecular weight excluding hydrogens is 298 g/mol. The third kappa shape index (κ3) is 9.43. The Morgan fingerprint density at radius 2 is 1.70 bits per heavy atom. The van der Waals surface area contributed by atoms with Gasteiger partial charge in [-0.05, 0) is 53.4 Å². The number of amides is 1. The molecule has 0 rings (SSSR count). The first kappa shape index (κ1) is 21.7. The van der Waals surface area contributed by atoms with Crippen molar-refractivity contribution in [2.24, 2.45) is 11.3 Å². The number of hydrogen-bond acceptors (Lipinski definition) is 4. The molecule has 0 aromatic carbocycles. The monoisotopic (exact) mass is 331 g/mol. The number of ether oxygens (including phenoxy) is 2. The van der Waals surface area contributed by atoms with E-state index in [1.807, 2.05) is 27.7 Å². The summed E-state index contributed by atoms with van der Waals surface area (Å²) in [5.41, 5.74) is -1.67. The minimum Gasteiger partial charge on any atom is -0.481 e. The second kappa shape index (κ2) is 9.11. The Balaban J connectivity index is 4.94. The predicted octanol–water partition coefficient (Wildman–Crippen LogP) is 3.44. The van der Waals surface area contributed by atoms with Gasteiger partial charge in [0.25, 0.3) is 0 Å². The smallest absolute Gasteiger partial charge is 0.407 e. The lowest BCUT2D eigenvalue weighted by molar-refractivity contribution is -0.151. The second-order valence-corrected chi connectivity index (χ2v) is 7.71. The van der Waals surface area contributed by atoms with Crippen molar-refractivity contribution >= 4 is 12.1 Å². The van der Waals surface area contributed by atoms with Gasteiger partial charge in [-0.15, -0.1) is 0 Å². The molecule has 0 aromatic heterocycles. The van der Waals surface area contributed by atoms with Crippen LogP contribution < -0.4 is 5.32 Å². The van der Waals surface area contributed by atoms with Crippen LogP contribution in [-0.4, -0.2) is 42.0 Å². The molecule has 0 saturated carbocycles. The molecule has 1 atom stereocenters. The minimum absolute atomic E-state index is 0.0247. The van der Waals surface area contributed by atoms with Gasteiger partial charge >= 0.3 is 12.1 Å². The third-order valence-electron chi connectivity index (χ3n) is 3.25. The number of alkyl carbamates (subject to hydrolysis) is 1. The van der Waals surface area contributed by atoms with E-state index in [1.54, 1.807) is 20.8 Å². The highest BCUT2D eigenvalue weighted by atomic mass is 16.6. The van der Waals surface area contributed by atoms with Gasteiger partial charge in [0.2, 0.25) is 0 Å². The van der Waals surface area contributed by atoms with Crippen LogP contribution in [0.25, 0.3) is 0 Å². The lowest BCUT2D eigenvalue weighted by atomic mass is 9.77. The van der Waals surface area contributed by atoms with Gasteiger partial charge in [-0.3, -0.25) is 4.79 Å². The Hall–Kier alpha value is -1.30. The summed E-state index contributed by atoms with van der Waals surface area (Å²) in [4.78, 5) is 23.7. The highest BCUT2D eigenvalue weighted by Crippen LogP contribution is 2.31. The molecule has 1 amide bonds. The maximum Gasteiger partial charge on any atom is 0.407 e. The molecule has 0 aliphatic heterocycles. The quantitative estimate of drug-likeness (QED) is 0.676. The summed E-state index contributed by atoms with van der Waals surface area (Å²) >= 11 is 0. The molecule has 0 aliphatic rings. The molecule has 0 radical (unpaired) electrons. The van der Waals surface area contributed by atoms with E-state index in [0.29, 0.717) is 19.4 Å². The van der Waals surface area contributed by atoms with Crippen molar-refractivity contribution in [1.29, 1.82) is 0 Å². The molecule has 136 valence electrons. The van der Waals surface area contributed by atoms with Crippen molar-refractivity contribution in [3.8, 4) is 0 Å². The molecule has 0 aliphatic carbocycles. The molecule has 0 bridgehead atoms. The average molecular weight is 331 g/mol. The lowest BCUT2D eigenvalue weighted by Crippen LogP contribution is -2.46. The van der Waals surface area contributed by atoms with Crippen molar-refractivity contribution in [2.75, 3.05) is 13.2 Å². The number of carboxylic acids is 1. The SMILES string of the molecule is CC(C)CC(CCOC(C)C)(CNC(=O)OC(C)(C)C)C(=O)O. The summed E-state index contributed by atoms with van der Waals surface area (Å²) < 4.78 is 10.7. The van der Waals surface area contributed by atoms with E-state index >= 15 is 0 Å². The summed E-state index contributed by atoms with van der Waals surface area (Å²) in [6.45, 7) is 13.4. The predicted molar refractivity (Wildman–Crippen MR) is 89.5 cm³/mol. The van der Waals surface area contributed by atoms with Gasteiger partial charge in [0, 0.05) is 13.2 Å². The van der Waals surface area contributed by atoms with Crippen molar-refractivity contribution in [3.05, 3.63) is 0 Å². The number of rotatable bonds is 9. The molecule has 6 nitrogen and oxygen atoms in total. The van der Waals surface area contributed by atoms with Gasteiger partial charge in [0.15, 0.2) is 0 Å². The van der Waals surface area contributed by atoms with Gasteiger partial charge in [-0.1, -0.05) is 13.8 Å². The fourth-order valence-corrected chi connectivity index (χ4v) is 2.36. The summed E-state index contributed by atoms with van der Waals surface area (Å²) in [5.74, 6) is -0.736. The second-order valence-electron chi connectivity index (χ2n) is 7.71. The molecule has 0 fully saturated rings. The van der Waals surface area contributed by atoms with Gasteiger partial charge in [-0.2, -0.15) is 0 Å². The van der Waals surface area contributed by atoms with E-state index in [4.69, 9.17) is 9.47 Å². The topological polar surface area (TPSA) is 84.9 Å². The molecule has 6 heteroatoms.